The monoisotopic (exact) mass is 386 g/mol. The lowest BCUT2D eigenvalue weighted by Crippen LogP contribution is -2.29. The highest BCUT2D eigenvalue weighted by molar-refractivity contribution is 7.18. The first-order valence-corrected chi connectivity index (χ1v) is 8.34. The minimum Gasteiger partial charge on any atom is -0.474 e. The summed E-state index contributed by atoms with van der Waals surface area (Å²) in [5, 5.41) is 0. The normalized spacial score (nSPS) is 16.7. The number of fused-ring (bicyclic) bond motifs is 1. The van der Waals surface area contributed by atoms with Gasteiger partial charge in [0.05, 0.1) is 6.42 Å². The van der Waals surface area contributed by atoms with Crippen LogP contribution in [0.1, 0.15) is 28.9 Å². The molecule has 0 aliphatic carbocycles. The van der Waals surface area contributed by atoms with Crippen LogP contribution in [-0.2, 0) is 6.42 Å². The molecule has 2 aromatic rings. The van der Waals surface area contributed by atoms with Gasteiger partial charge in [-0.15, -0.1) is 0 Å². The Morgan fingerprint density at radius 3 is 2.65 bits per heavy atom. The number of primary amides is 1. The third-order valence-corrected chi connectivity index (χ3v) is 4.29. The quantitative estimate of drug-likeness (QED) is 0.644. The Balaban J connectivity index is 2.08. The number of ether oxygens (including phenoxy) is 1. The van der Waals surface area contributed by atoms with Crippen LogP contribution in [0.25, 0.3) is 11.1 Å². The molecule has 2 heterocycles. The smallest absolute Gasteiger partial charge is 0.267 e. The zero-order valence-corrected chi connectivity index (χ0v) is 14.6. The summed E-state index contributed by atoms with van der Waals surface area (Å²) in [6.07, 6.45) is -0.792. The molecule has 1 aromatic carbocycles. The summed E-state index contributed by atoms with van der Waals surface area (Å²) in [5.41, 5.74) is 2.84. The van der Waals surface area contributed by atoms with E-state index in [2.05, 4.69) is 4.98 Å². The summed E-state index contributed by atoms with van der Waals surface area (Å²) in [7, 11) is 1.45. The fourth-order valence-corrected chi connectivity index (χ4v) is 3.19. The van der Waals surface area contributed by atoms with Gasteiger partial charge in [-0.1, -0.05) is 9.24 Å². The maximum Gasteiger partial charge on any atom is 0.267 e. The van der Waals surface area contributed by atoms with E-state index in [1.54, 1.807) is 0 Å². The fraction of sp³-hybridized carbons (Fsp3) is 0.294. The molecular formula is C17H15F4N2O2P. The zero-order valence-electron chi connectivity index (χ0n) is 13.4. The van der Waals surface area contributed by atoms with Crippen LogP contribution >= 0.6 is 9.24 Å². The second-order valence-corrected chi connectivity index (χ2v) is 6.92. The van der Waals surface area contributed by atoms with Crippen LogP contribution in [0.2, 0.25) is 0 Å². The number of nitrogens with zero attached hydrogens (tertiary/aromatic N) is 1. The third-order valence-electron chi connectivity index (χ3n) is 4.05. The van der Waals surface area contributed by atoms with Gasteiger partial charge in [0.1, 0.15) is 23.4 Å². The van der Waals surface area contributed by atoms with Crippen LogP contribution in [0.4, 0.5) is 17.6 Å². The van der Waals surface area contributed by atoms with E-state index in [0.717, 1.165) is 6.07 Å². The number of amides is 1. The number of aromatic nitrogens is 1. The van der Waals surface area contributed by atoms with E-state index >= 15 is 0 Å². The summed E-state index contributed by atoms with van der Waals surface area (Å²) in [6, 6.07) is 4.32. The number of pyridine rings is 1. The second kappa shape index (κ2) is 6.83. The van der Waals surface area contributed by atoms with Gasteiger partial charge in [0.2, 0.25) is 5.88 Å². The van der Waals surface area contributed by atoms with Gasteiger partial charge >= 0.3 is 0 Å². The molecule has 1 aromatic heterocycles. The van der Waals surface area contributed by atoms with Crippen molar-refractivity contribution in [2.45, 2.75) is 31.0 Å². The van der Waals surface area contributed by atoms with Crippen molar-refractivity contribution in [2.75, 3.05) is 0 Å². The Kier molecular flexibility index (Phi) is 4.88. The number of rotatable bonds is 4. The van der Waals surface area contributed by atoms with Gasteiger partial charge in [0, 0.05) is 17.2 Å². The van der Waals surface area contributed by atoms with E-state index in [1.807, 2.05) is 0 Å². The molecule has 0 fully saturated rings. The van der Waals surface area contributed by atoms with Crippen molar-refractivity contribution in [3.63, 3.8) is 0 Å². The summed E-state index contributed by atoms with van der Waals surface area (Å²) >= 11 is 0. The fourth-order valence-electron chi connectivity index (χ4n) is 2.93. The van der Waals surface area contributed by atoms with Crippen LogP contribution < -0.4 is 10.5 Å². The Hall–Kier alpha value is -2.21. The first-order valence-electron chi connectivity index (χ1n) is 7.76. The number of nitrogens with two attached hydrogens (primary N) is 1. The predicted octanol–water partition coefficient (Wildman–Crippen LogP) is 3.68. The Bertz CT molecular complexity index is 871. The van der Waals surface area contributed by atoms with Gasteiger partial charge in [-0.25, -0.2) is 22.5 Å². The third kappa shape index (κ3) is 3.96. The SMILES string of the molecule is NC(=O)c1cc(-c2ccc(F)cc2F)c2c(n1)O[C@H](CC(F)(F)P)CC2. The summed E-state index contributed by atoms with van der Waals surface area (Å²) < 4.78 is 59.4. The Labute approximate surface area is 148 Å². The molecule has 0 saturated carbocycles. The highest BCUT2D eigenvalue weighted by Gasteiger charge is 2.33. The number of hydrogen-bond donors (Lipinski definition) is 1. The summed E-state index contributed by atoms with van der Waals surface area (Å²) in [6.45, 7) is 0. The van der Waals surface area contributed by atoms with Gasteiger partial charge in [0.15, 0.2) is 0 Å². The Morgan fingerprint density at radius 2 is 2.04 bits per heavy atom. The second-order valence-electron chi connectivity index (χ2n) is 6.07. The van der Waals surface area contributed by atoms with Crippen molar-refractivity contribution in [1.82, 2.24) is 4.98 Å². The van der Waals surface area contributed by atoms with E-state index in [-0.39, 0.29) is 29.1 Å². The minimum absolute atomic E-state index is 0.0366. The number of carbonyl (C=O) groups excluding carboxylic acids is 1. The van der Waals surface area contributed by atoms with E-state index < -0.39 is 35.7 Å². The molecule has 4 nitrogen and oxygen atoms in total. The lowest BCUT2D eigenvalue weighted by atomic mass is 9.93. The molecule has 138 valence electrons. The van der Waals surface area contributed by atoms with E-state index in [9.17, 15) is 22.4 Å². The number of hydrogen-bond acceptors (Lipinski definition) is 3. The number of halogens is 4. The average molecular weight is 386 g/mol. The first-order chi connectivity index (χ1) is 12.1. The molecule has 0 bridgehead atoms. The average Bonchev–Trinajstić information content (AvgIpc) is 2.52. The molecular weight excluding hydrogens is 371 g/mol. The molecule has 0 saturated heterocycles. The van der Waals surface area contributed by atoms with Gasteiger partial charge in [0.25, 0.3) is 11.6 Å². The van der Waals surface area contributed by atoms with Crippen molar-refractivity contribution in [1.29, 1.82) is 0 Å². The Morgan fingerprint density at radius 1 is 1.31 bits per heavy atom. The number of alkyl halides is 2. The highest BCUT2D eigenvalue weighted by Crippen LogP contribution is 2.39. The lowest BCUT2D eigenvalue weighted by molar-refractivity contribution is 0.0334. The topological polar surface area (TPSA) is 65.2 Å². The van der Waals surface area contributed by atoms with Gasteiger partial charge in [-0.3, -0.25) is 4.79 Å². The van der Waals surface area contributed by atoms with E-state index in [1.165, 1.54) is 21.4 Å². The molecule has 3 rings (SSSR count). The molecule has 2 N–H and O–H groups in total. The molecule has 26 heavy (non-hydrogen) atoms. The van der Waals surface area contributed by atoms with Gasteiger partial charge < -0.3 is 10.5 Å². The molecule has 1 aliphatic heterocycles. The minimum atomic E-state index is -3.00. The van der Waals surface area contributed by atoms with Crippen LogP contribution in [0.15, 0.2) is 24.3 Å². The summed E-state index contributed by atoms with van der Waals surface area (Å²) in [4.78, 5) is 15.5. The number of benzene rings is 1. The summed E-state index contributed by atoms with van der Waals surface area (Å²) in [5.74, 6) is -2.49. The maximum atomic E-state index is 14.2. The van der Waals surface area contributed by atoms with E-state index in [4.69, 9.17) is 10.5 Å². The standard InChI is InChI=1S/C17H15F4N2O2P/c18-8-1-3-10(13(19)5-8)12-6-14(15(22)24)23-16-11(12)4-2-9(25-16)7-17(20,21)26/h1,3,5-6,9H,2,4,7,26H2,(H2,22,24)/t9-/m0/s1. The molecule has 1 aliphatic rings. The number of carbonyl (C=O) groups is 1. The maximum absolute atomic E-state index is 14.2. The van der Waals surface area contributed by atoms with Crippen LogP contribution in [0.5, 0.6) is 5.88 Å². The molecule has 0 spiro atoms. The highest BCUT2D eigenvalue weighted by atomic mass is 31.0. The van der Waals surface area contributed by atoms with Crippen molar-refractivity contribution >= 4 is 15.1 Å². The van der Waals surface area contributed by atoms with Crippen molar-refractivity contribution < 1.29 is 27.1 Å². The first kappa shape index (κ1) is 18.6. The molecule has 1 amide bonds. The van der Waals surface area contributed by atoms with Gasteiger partial charge in [-0.2, -0.15) is 0 Å². The molecule has 1 unspecified atom stereocenters. The zero-order chi connectivity index (χ0) is 19.1. The molecule has 2 atom stereocenters. The predicted molar refractivity (Wildman–Crippen MR) is 90.1 cm³/mol. The largest absolute Gasteiger partial charge is 0.474 e. The van der Waals surface area contributed by atoms with Crippen molar-refractivity contribution in [2.24, 2.45) is 5.73 Å². The van der Waals surface area contributed by atoms with Crippen LogP contribution in [0, 0.1) is 11.6 Å². The lowest BCUT2D eigenvalue weighted by Gasteiger charge is -2.28. The van der Waals surface area contributed by atoms with Crippen molar-refractivity contribution in [3.05, 3.63) is 47.2 Å². The molecule has 0 radical (unpaired) electrons. The molecule has 9 heteroatoms. The van der Waals surface area contributed by atoms with Crippen molar-refractivity contribution in [3.8, 4) is 17.0 Å². The van der Waals surface area contributed by atoms with E-state index in [0.29, 0.717) is 18.1 Å². The van der Waals surface area contributed by atoms with Crippen LogP contribution in [-0.4, -0.2) is 22.7 Å². The van der Waals surface area contributed by atoms with Crippen LogP contribution in [0.3, 0.4) is 0 Å². The van der Waals surface area contributed by atoms with Gasteiger partial charge in [-0.05, 0) is 36.6 Å².